The molecular weight excluding hydrogens is 559 g/mol. The monoisotopic (exact) mass is 597 g/mol. The number of aromatic nitrogens is 2. The Morgan fingerprint density at radius 1 is 1.14 bits per heavy atom. The number of benzene rings is 1. The summed E-state index contributed by atoms with van der Waals surface area (Å²) in [4.78, 5) is 22.4. The zero-order chi connectivity index (χ0) is 30.2. The number of carbonyl (C=O) groups is 1. The van der Waals surface area contributed by atoms with Gasteiger partial charge in [-0.05, 0) is 74.2 Å². The Morgan fingerprint density at radius 3 is 2.53 bits per heavy atom. The summed E-state index contributed by atoms with van der Waals surface area (Å²) in [6.45, 7) is 4.05. The summed E-state index contributed by atoms with van der Waals surface area (Å²) < 4.78 is 42.6. The van der Waals surface area contributed by atoms with Crippen LogP contribution in [0.4, 0.5) is 24.9 Å². The highest BCUT2D eigenvalue weighted by Gasteiger charge is 2.55. The number of nitrogens with zero attached hydrogens (tertiary/aromatic N) is 4. The number of anilines is 2. The van der Waals surface area contributed by atoms with Crippen molar-refractivity contribution in [2.75, 3.05) is 30.3 Å². The zero-order valence-electron chi connectivity index (χ0n) is 24.3. The molecule has 5 atom stereocenters. The Kier molecular flexibility index (Phi) is 8.11. The summed E-state index contributed by atoms with van der Waals surface area (Å²) in [6.07, 6.45) is 4.61. The van der Waals surface area contributed by atoms with E-state index in [0.717, 1.165) is 38.8 Å². The SMILES string of the molecule is CC(=O)N1CCC(NC2[C@@H]3CC4C[C@H]2CC(CNc2nc(NCc5ccccc5OC(F)(F)F)ncc2C#N)(C4)C3)CC1. The maximum absolute atomic E-state index is 12.8. The summed E-state index contributed by atoms with van der Waals surface area (Å²) in [7, 11) is 0. The molecule has 5 fully saturated rings. The Labute approximate surface area is 249 Å². The van der Waals surface area contributed by atoms with E-state index >= 15 is 0 Å². The van der Waals surface area contributed by atoms with Crippen molar-refractivity contribution >= 4 is 17.7 Å². The lowest BCUT2D eigenvalue weighted by Crippen LogP contribution is -2.62. The lowest BCUT2D eigenvalue weighted by molar-refractivity contribution is -0.274. The van der Waals surface area contributed by atoms with E-state index in [4.69, 9.17) is 0 Å². The molecule has 1 aliphatic heterocycles. The number of hydrogen-bond acceptors (Lipinski definition) is 8. The molecule has 4 aliphatic carbocycles. The summed E-state index contributed by atoms with van der Waals surface area (Å²) >= 11 is 0. The van der Waals surface area contributed by atoms with Gasteiger partial charge in [-0.2, -0.15) is 10.2 Å². The number of likely N-dealkylation sites (tertiary alicyclic amines) is 1. The van der Waals surface area contributed by atoms with Gasteiger partial charge in [0.2, 0.25) is 11.9 Å². The van der Waals surface area contributed by atoms with Crippen LogP contribution in [0.3, 0.4) is 0 Å². The largest absolute Gasteiger partial charge is 0.573 e. The molecule has 4 saturated carbocycles. The van der Waals surface area contributed by atoms with Gasteiger partial charge in [0.15, 0.2) is 0 Å². The number of rotatable bonds is 9. The first-order valence-electron chi connectivity index (χ1n) is 15.2. The van der Waals surface area contributed by atoms with Crippen molar-refractivity contribution in [1.82, 2.24) is 20.2 Å². The average molecular weight is 598 g/mol. The topological polar surface area (TPSA) is 115 Å². The first-order valence-corrected chi connectivity index (χ1v) is 15.2. The summed E-state index contributed by atoms with van der Waals surface area (Å²) in [5, 5.41) is 20.2. The molecule has 1 saturated heterocycles. The molecule has 1 aromatic carbocycles. The number of hydrogen-bond donors (Lipinski definition) is 3. The molecule has 3 N–H and O–H groups in total. The van der Waals surface area contributed by atoms with Crippen LogP contribution in [0.25, 0.3) is 0 Å². The minimum atomic E-state index is -4.79. The number of para-hydroxylation sites is 1. The predicted molar refractivity (Wildman–Crippen MR) is 154 cm³/mol. The van der Waals surface area contributed by atoms with Crippen LogP contribution in [-0.2, 0) is 11.3 Å². The van der Waals surface area contributed by atoms with E-state index in [0.29, 0.717) is 53.3 Å². The van der Waals surface area contributed by atoms with E-state index in [2.05, 4.69) is 36.7 Å². The Balaban J connectivity index is 1.08. The fourth-order valence-electron chi connectivity index (χ4n) is 8.32. The Bertz CT molecular complexity index is 1360. The normalized spacial score (nSPS) is 28.4. The molecule has 7 rings (SSSR count). The molecule has 1 aromatic heterocycles. The molecule has 12 heteroatoms. The molecule has 0 spiro atoms. The highest BCUT2D eigenvalue weighted by molar-refractivity contribution is 5.73. The van der Waals surface area contributed by atoms with Gasteiger partial charge in [-0.15, -0.1) is 13.2 Å². The molecule has 2 heterocycles. The molecule has 43 heavy (non-hydrogen) atoms. The minimum Gasteiger partial charge on any atom is -0.405 e. The van der Waals surface area contributed by atoms with Crippen LogP contribution in [0.2, 0.25) is 0 Å². The first kappa shape index (κ1) is 29.5. The van der Waals surface area contributed by atoms with Gasteiger partial charge in [0.1, 0.15) is 23.2 Å². The summed E-state index contributed by atoms with van der Waals surface area (Å²) in [5.41, 5.74) is 0.780. The second kappa shape index (κ2) is 11.8. The lowest BCUT2D eigenvalue weighted by Gasteiger charge is -2.61. The number of alkyl halides is 3. The Hall–Kier alpha value is -3.59. The average Bonchev–Trinajstić information content (AvgIpc) is 2.97. The van der Waals surface area contributed by atoms with E-state index in [9.17, 15) is 23.2 Å². The molecule has 230 valence electrons. The second-order valence-corrected chi connectivity index (χ2v) is 12.9. The Morgan fingerprint density at radius 2 is 1.86 bits per heavy atom. The maximum Gasteiger partial charge on any atom is 0.573 e. The van der Waals surface area contributed by atoms with Crippen molar-refractivity contribution in [3.63, 3.8) is 0 Å². The smallest absolute Gasteiger partial charge is 0.405 e. The molecule has 2 aromatic rings. The van der Waals surface area contributed by atoms with Crippen LogP contribution in [0, 0.1) is 34.5 Å². The van der Waals surface area contributed by atoms with Gasteiger partial charge >= 0.3 is 6.36 Å². The van der Waals surface area contributed by atoms with Gasteiger partial charge in [-0.3, -0.25) is 4.79 Å². The number of carbonyl (C=O) groups excluding carboxylic acids is 1. The highest BCUT2D eigenvalue weighted by atomic mass is 19.4. The predicted octanol–water partition coefficient (Wildman–Crippen LogP) is 5.07. The quantitative estimate of drug-likeness (QED) is 0.367. The standard InChI is InChI=1S/C31H38F3N7O2/c1-19(42)41-8-6-25(7-9-41)39-27-22-10-20-11-23(27)14-30(12-20,13-22)18-38-28-24(15-35)17-37-29(40-28)36-16-21-4-2-3-5-26(21)43-31(32,33)34/h2-5,17,20,22-23,25,27,39H,6-14,16,18H2,1H3,(H2,36,37,38,40)/t20?,22-,23+,27?,30?. The lowest BCUT2D eigenvalue weighted by atomic mass is 9.48. The fraction of sp³-hybridized carbons (Fsp3) is 0.613. The van der Waals surface area contributed by atoms with Crippen LogP contribution in [0.5, 0.6) is 5.75 Å². The molecular formula is C31H38F3N7O2. The van der Waals surface area contributed by atoms with Crippen molar-refractivity contribution in [2.24, 2.45) is 23.2 Å². The van der Waals surface area contributed by atoms with E-state index in [-0.39, 0.29) is 29.6 Å². The van der Waals surface area contributed by atoms with Crippen LogP contribution >= 0.6 is 0 Å². The van der Waals surface area contributed by atoms with Crippen molar-refractivity contribution in [2.45, 2.75) is 76.9 Å². The van der Waals surface area contributed by atoms with E-state index in [1.54, 1.807) is 19.1 Å². The van der Waals surface area contributed by atoms with E-state index in [1.165, 1.54) is 37.6 Å². The number of halogens is 3. The maximum atomic E-state index is 12.8. The molecule has 1 amide bonds. The first-order chi connectivity index (χ1) is 20.6. The zero-order valence-corrected chi connectivity index (χ0v) is 24.3. The van der Waals surface area contributed by atoms with Crippen molar-refractivity contribution in [1.29, 1.82) is 5.26 Å². The third-order valence-electron chi connectivity index (χ3n) is 9.94. The summed E-state index contributed by atoms with van der Waals surface area (Å²) in [6, 6.07) is 9.06. The van der Waals surface area contributed by atoms with Crippen molar-refractivity contribution in [3.8, 4) is 11.8 Å². The van der Waals surface area contributed by atoms with Crippen LogP contribution in [0.15, 0.2) is 30.5 Å². The van der Waals surface area contributed by atoms with E-state index < -0.39 is 6.36 Å². The molecule has 3 unspecified atom stereocenters. The number of amides is 1. The molecule has 4 bridgehead atoms. The van der Waals surface area contributed by atoms with Gasteiger partial charge in [0, 0.05) is 50.7 Å². The van der Waals surface area contributed by atoms with Gasteiger partial charge in [0.25, 0.3) is 0 Å². The molecule has 9 nitrogen and oxygen atoms in total. The van der Waals surface area contributed by atoms with Crippen molar-refractivity contribution < 1.29 is 22.7 Å². The summed E-state index contributed by atoms with van der Waals surface area (Å²) in [5.74, 6) is 2.48. The molecule has 5 aliphatic rings. The number of nitriles is 1. The molecule has 0 radical (unpaired) electrons. The minimum absolute atomic E-state index is 0.0226. The van der Waals surface area contributed by atoms with E-state index in [1.807, 2.05) is 4.90 Å². The van der Waals surface area contributed by atoms with Crippen LogP contribution in [0.1, 0.15) is 63.0 Å². The van der Waals surface area contributed by atoms with Gasteiger partial charge in [-0.1, -0.05) is 18.2 Å². The third kappa shape index (κ3) is 6.66. The van der Waals surface area contributed by atoms with Crippen molar-refractivity contribution in [3.05, 3.63) is 41.6 Å². The number of nitrogens with one attached hydrogen (secondary N) is 3. The second-order valence-electron chi connectivity index (χ2n) is 12.9. The third-order valence-corrected chi connectivity index (χ3v) is 9.94. The van der Waals surface area contributed by atoms with Crippen LogP contribution < -0.4 is 20.7 Å². The fourth-order valence-corrected chi connectivity index (χ4v) is 8.32. The highest BCUT2D eigenvalue weighted by Crippen LogP contribution is 2.60. The van der Waals surface area contributed by atoms with Gasteiger partial charge in [0.05, 0.1) is 6.20 Å². The number of piperidine rings is 1. The number of ether oxygens (including phenoxy) is 1. The van der Waals surface area contributed by atoms with Crippen LogP contribution in [-0.4, -0.2) is 58.9 Å². The van der Waals surface area contributed by atoms with Gasteiger partial charge < -0.3 is 25.6 Å². The van der Waals surface area contributed by atoms with Gasteiger partial charge in [-0.25, -0.2) is 4.98 Å².